The lowest BCUT2D eigenvalue weighted by Gasteiger charge is -2.12. The zero-order chi connectivity index (χ0) is 18.6. The van der Waals surface area contributed by atoms with E-state index in [9.17, 15) is 27.9 Å². The van der Waals surface area contributed by atoms with Gasteiger partial charge in [0.15, 0.2) is 0 Å². The molecule has 0 fully saturated rings. The third-order valence-electron chi connectivity index (χ3n) is 2.94. The van der Waals surface area contributed by atoms with Gasteiger partial charge in [-0.25, -0.2) is 10.2 Å². The third kappa shape index (κ3) is 5.11. The minimum absolute atomic E-state index is 0.103. The number of hydrazine groups is 1. The number of nitrogens with one attached hydrogen (secondary N) is 3. The lowest BCUT2D eigenvalue weighted by molar-refractivity contribution is -0.137. The van der Waals surface area contributed by atoms with Gasteiger partial charge in [-0.2, -0.15) is 13.2 Å². The van der Waals surface area contributed by atoms with Crippen LogP contribution in [0.4, 0.5) is 23.7 Å². The van der Waals surface area contributed by atoms with Crippen LogP contribution in [0.15, 0.2) is 46.9 Å². The highest BCUT2D eigenvalue weighted by Gasteiger charge is 2.30. The number of hydrogen-bond acceptors (Lipinski definition) is 3. The molecule has 25 heavy (non-hydrogen) atoms. The number of aromatic hydroxyl groups is 1. The number of anilines is 1. The highest BCUT2D eigenvalue weighted by Crippen LogP contribution is 2.30. The largest absolute Gasteiger partial charge is 0.507 e. The number of amides is 3. The van der Waals surface area contributed by atoms with Gasteiger partial charge in [-0.05, 0) is 36.4 Å². The van der Waals surface area contributed by atoms with Gasteiger partial charge >= 0.3 is 12.2 Å². The predicted octanol–water partition coefficient (Wildman–Crippen LogP) is 3.64. The standard InChI is InChI=1S/C15H11BrF3N3O3/c16-9-4-5-12(23)11(7-9)13(24)21-22-14(25)20-10-3-1-2-8(6-10)15(17,18)19/h1-7,23H,(H,21,24)(H2,20,22,25). The van der Waals surface area contributed by atoms with Crippen molar-refractivity contribution in [1.82, 2.24) is 10.9 Å². The molecule has 0 aliphatic carbocycles. The molecule has 3 amide bonds. The highest BCUT2D eigenvalue weighted by atomic mass is 79.9. The Bertz CT molecular complexity index is 812. The number of carbonyl (C=O) groups excluding carboxylic acids is 2. The van der Waals surface area contributed by atoms with E-state index in [4.69, 9.17) is 0 Å². The van der Waals surface area contributed by atoms with Crippen LogP contribution in [0.1, 0.15) is 15.9 Å². The second-order valence-corrected chi connectivity index (χ2v) is 5.69. The van der Waals surface area contributed by atoms with Crippen molar-refractivity contribution in [2.75, 3.05) is 5.32 Å². The molecule has 0 spiro atoms. The molecule has 132 valence electrons. The number of urea groups is 1. The summed E-state index contributed by atoms with van der Waals surface area (Å²) in [6.45, 7) is 0. The summed E-state index contributed by atoms with van der Waals surface area (Å²) < 4.78 is 38.3. The SMILES string of the molecule is O=C(NNC(=O)c1cc(Br)ccc1O)Nc1cccc(C(F)(F)F)c1. The maximum Gasteiger partial charge on any atom is 0.416 e. The quantitative estimate of drug-likeness (QED) is 0.562. The Morgan fingerprint density at radius 3 is 2.44 bits per heavy atom. The van der Waals surface area contributed by atoms with Gasteiger partial charge in [0, 0.05) is 10.2 Å². The monoisotopic (exact) mass is 417 g/mol. The summed E-state index contributed by atoms with van der Waals surface area (Å²) in [7, 11) is 0. The van der Waals surface area contributed by atoms with E-state index in [2.05, 4.69) is 21.2 Å². The van der Waals surface area contributed by atoms with Gasteiger partial charge in [0.2, 0.25) is 0 Å². The van der Waals surface area contributed by atoms with Crippen LogP contribution in [0.25, 0.3) is 0 Å². The molecule has 4 N–H and O–H groups in total. The van der Waals surface area contributed by atoms with Gasteiger partial charge in [-0.1, -0.05) is 22.0 Å². The third-order valence-corrected chi connectivity index (χ3v) is 3.43. The fourth-order valence-electron chi connectivity index (χ4n) is 1.81. The first-order valence-electron chi connectivity index (χ1n) is 6.70. The minimum atomic E-state index is -4.54. The van der Waals surface area contributed by atoms with Gasteiger partial charge < -0.3 is 10.4 Å². The number of carbonyl (C=O) groups is 2. The Balaban J connectivity index is 1.97. The van der Waals surface area contributed by atoms with Crippen LogP contribution < -0.4 is 16.2 Å². The Kier molecular flexibility index (Phi) is 5.52. The van der Waals surface area contributed by atoms with Crippen molar-refractivity contribution in [2.45, 2.75) is 6.18 Å². The molecule has 0 saturated carbocycles. The second-order valence-electron chi connectivity index (χ2n) is 4.77. The van der Waals surface area contributed by atoms with Crippen molar-refractivity contribution in [2.24, 2.45) is 0 Å². The Hall–Kier alpha value is -2.75. The van der Waals surface area contributed by atoms with Crippen molar-refractivity contribution >= 4 is 33.6 Å². The summed E-state index contributed by atoms with van der Waals surface area (Å²) >= 11 is 3.13. The topological polar surface area (TPSA) is 90.5 Å². The van der Waals surface area contributed by atoms with Crippen LogP contribution in [-0.2, 0) is 6.18 Å². The van der Waals surface area contributed by atoms with Crippen molar-refractivity contribution in [3.63, 3.8) is 0 Å². The molecule has 0 aliphatic heterocycles. The van der Waals surface area contributed by atoms with E-state index in [0.29, 0.717) is 4.47 Å². The van der Waals surface area contributed by atoms with Gasteiger partial charge in [0.25, 0.3) is 5.91 Å². The molecule has 10 heteroatoms. The highest BCUT2D eigenvalue weighted by molar-refractivity contribution is 9.10. The number of hydrogen-bond donors (Lipinski definition) is 4. The number of phenols is 1. The van der Waals surface area contributed by atoms with Crippen LogP contribution >= 0.6 is 15.9 Å². The molecule has 0 saturated heterocycles. The maximum absolute atomic E-state index is 12.6. The first-order valence-corrected chi connectivity index (χ1v) is 7.49. The zero-order valence-electron chi connectivity index (χ0n) is 12.3. The van der Waals surface area contributed by atoms with Crippen molar-refractivity contribution in [1.29, 1.82) is 0 Å². The number of rotatable bonds is 2. The smallest absolute Gasteiger partial charge is 0.416 e. The number of halogens is 4. The van der Waals surface area contributed by atoms with Crippen molar-refractivity contribution in [3.8, 4) is 5.75 Å². The molecule has 0 aliphatic rings. The van der Waals surface area contributed by atoms with E-state index in [-0.39, 0.29) is 17.0 Å². The number of alkyl halides is 3. The van der Waals surface area contributed by atoms with E-state index in [1.807, 2.05) is 10.9 Å². The number of benzene rings is 2. The molecular formula is C15H11BrF3N3O3. The molecule has 2 aromatic rings. The van der Waals surface area contributed by atoms with E-state index in [1.54, 1.807) is 0 Å². The molecule has 0 aromatic heterocycles. The van der Waals surface area contributed by atoms with Crippen molar-refractivity contribution in [3.05, 3.63) is 58.1 Å². The van der Waals surface area contributed by atoms with E-state index in [1.165, 1.54) is 24.3 Å². The molecule has 2 aromatic carbocycles. The summed E-state index contributed by atoms with van der Waals surface area (Å²) in [5, 5.41) is 11.7. The van der Waals surface area contributed by atoms with E-state index >= 15 is 0 Å². The lowest BCUT2D eigenvalue weighted by atomic mass is 10.2. The van der Waals surface area contributed by atoms with Crippen molar-refractivity contribution < 1.29 is 27.9 Å². The molecular weight excluding hydrogens is 407 g/mol. The van der Waals surface area contributed by atoms with Crippen LogP contribution in [0.2, 0.25) is 0 Å². The molecule has 0 radical (unpaired) electrons. The maximum atomic E-state index is 12.6. The Labute approximate surface area is 148 Å². The average Bonchev–Trinajstić information content (AvgIpc) is 2.54. The normalized spacial score (nSPS) is 10.9. The number of phenolic OH excluding ortho intramolecular Hbond substituents is 1. The summed E-state index contributed by atoms with van der Waals surface area (Å²) in [6.07, 6.45) is -4.54. The molecule has 6 nitrogen and oxygen atoms in total. The van der Waals surface area contributed by atoms with Crippen LogP contribution in [0.5, 0.6) is 5.75 Å². The fraction of sp³-hybridized carbons (Fsp3) is 0.0667. The molecule has 2 rings (SSSR count). The summed E-state index contributed by atoms with van der Waals surface area (Å²) in [4.78, 5) is 23.5. The first kappa shape index (κ1) is 18.6. The summed E-state index contributed by atoms with van der Waals surface area (Å²) in [5.41, 5.74) is 2.87. The van der Waals surface area contributed by atoms with E-state index in [0.717, 1.165) is 18.2 Å². The second kappa shape index (κ2) is 7.43. The first-order chi connectivity index (χ1) is 11.7. The molecule has 0 atom stereocenters. The van der Waals surface area contributed by atoms with Gasteiger partial charge in [0.05, 0.1) is 11.1 Å². The summed E-state index contributed by atoms with van der Waals surface area (Å²) in [6, 6.07) is 7.18. The van der Waals surface area contributed by atoms with Gasteiger partial charge in [-0.15, -0.1) is 0 Å². The predicted molar refractivity (Wildman–Crippen MR) is 86.9 cm³/mol. The fourth-order valence-corrected chi connectivity index (χ4v) is 2.17. The van der Waals surface area contributed by atoms with Gasteiger partial charge in [-0.3, -0.25) is 10.2 Å². The summed E-state index contributed by atoms with van der Waals surface area (Å²) in [5.74, 6) is -1.11. The Morgan fingerprint density at radius 1 is 1.04 bits per heavy atom. The van der Waals surface area contributed by atoms with E-state index < -0.39 is 23.7 Å². The average molecular weight is 418 g/mol. The minimum Gasteiger partial charge on any atom is -0.507 e. The van der Waals surface area contributed by atoms with Gasteiger partial charge in [0.1, 0.15) is 5.75 Å². The zero-order valence-corrected chi connectivity index (χ0v) is 13.9. The Morgan fingerprint density at radius 2 is 1.76 bits per heavy atom. The molecule has 0 unspecified atom stereocenters. The van der Waals surface area contributed by atoms with Crippen LogP contribution in [0.3, 0.4) is 0 Å². The molecule has 0 heterocycles. The van der Waals surface area contributed by atoms with Crippen LogP contribution in [0, 0.1) is 0 Å². The lowest BCUT2D eigenvalue weighted by Crippen LogP contribution is -2.43. The molecule has 0 bridgehead atoms. The van der Waals surface area contributed by atoms with Crippen LogP contribution in [-0.4, -0.2) is 17.0 Å².